The molecule has 1 aliphatic heterocycles. The van der Waals surface area contributed by atoms with E-state index in [2.05, 4.69) is 0 Å². The molecule has 1 fully saturated rings. The highest BCUT2D eigenvalue weighted by Gasteiger charge is 2.16. The lowest BCUT2D eigenvalue weighted by Gasteiger charge is -2.22. The number of nitrogen functional groups attached to an aromatic ring is 1. The number of benzene rings is 1. The Kier molecular flexibility index (Phi) is 5.03. The van der Waals surface area contributed by atoms with Crippen molar-refractivity contribution in [2.75, 3.05) is 25.6 Å². The zero-order chi connectivity index (χ0) is 13.5. The predicted molar refractivity (Wildman–Crippen MR) is 70.9 cm³/mol. The van der Waals surface area contributed by atoms with E-state index < -0.39 is 5.97 Å². The molecule has 1 aliphatic rings. The normalized spacial score (nSPS) is 18.8. The standard InChI is InChI=1S/C14H19NO4/c15-11-4-3-6-12(8-11)18-10-14(16)19-9-13-5-1-2-7-17-13/h3-4,6,8,13H,1-2,5,7,9-10,15H2. The molecule has 1 unspecified atom stereocenters. The number of carbonyl (C=O) groups is 1. The summed E-state index contributed by atoms with van der Waals surface area (Å²) in [4.78, 5) is 11.5. The summed E-state index contributed by atoms with van der Waals surface area (Å²) in [6, 6.07) is 6.93. The Labute approximate surface area is 112 Å². The van der Waals surface area contributed by atoms with Crippen LogP contribution in [0.15, 0.2) is 24.3 Å². The van der Waals surface area contributed by atoms with Crippen LogP contribution in [0.25, 0.3) is 0 Å². The molecule has 0 bridgehead atoms. The van der Waals surface area contributed by atoms with Gasteiger partial charge in [-0.25, -0.2) is 4.79 Å². The van der Waals surface area contributed by atoms with Crippen LogP contribution in [0.1, 0.15) is 19.3 Å². The van der Waals surface area contributed by atoms with E-state index in [0.29, 0.717) is 18.0 Å². The molecule has 2 N–H and O–H groups in total. The first-order chi connectivity index (χ1) is 9.24. The van der Waals surface area contributed by atoms with E-state index in [0.717, 1.165) is 25.9 Å². The molecule has 104 valence electrons. The molecule has 1 heterocycles. The van der Waals surface area contributed by atoms with E-state index in [1.54, 1.807) is 24.3 Å². The highest BCUT2D eigenvalue weighted by atomic mass is 16.6. The molecular weight excluding hydrogens is 246 g/mol. The zero-order valence-electron chi connectivity index (χ0n) is 10.8. The minimum Gasteiger partial charge on any atom is -0.482 e. The van der Waals surface area contributed by atoms with E-state index >= 15 is 0 Å². The Bertz CT molecular complexity index is 416. The average molecular weight is 265 g/mol. The first kappa shape index (κ1) is 13.7. The average Bonchev–Trinajstić information content (AvgIpc) is 2.44. The van der Waals surface area contributed by atoms with Crippen molar-refractivity contribution < 1.29 is 19.0 Å². The van der Waals surface area contributed by atoms with Crippen molar-refractivity contribution in [3.8, 4) is 5.75 Å². The van der Waals surface area contributed by atoms with Crippen LogP contribution in [0.4, 0.5) is 5.69 Å². The maximum atomic E-state index is 11.5. The topological polar surface area (TPSA) is 70.8 Å². The van der Waals surface area contributed by atoms with Crippen LogP contribution in [-0.4, -0.2) is 31.9 Å². The smallest absolute Gasteiger partial charge is 0.344 e. The van der Waals surface area contributed by atoms with Gasteiger partial charge in [0.15, 0.2) is 6.61 Å². The monoisotopic (exact) mass is 265 g/mol. The largest absolute Gasteiger partial charge is 0.482 e. The minimum atomic E-state index is -0.392. The van der Waals surface area contributed by atoms with Crippen LogP contribution < -0.4 is 10.5 Å². The fraction of sp³-hybridized carbons (Fsp3) is 0.500. The van der Waals surface area contributed by atoms with Gasteiger partial charge in [-0.15, -0.1) is 0 Å². The first-order valence-corrected chi connectivity index (χ1v) is 6.49. The highest BCUT2D eigenvalue weighted by molar-refractivity contribution is 5.71. The van der Waals surface area contributed by atoms with Crippen LogP contribution >= 0.6 is 0 Å². The van der Waals surface area contributed by atoms with E-state index in [-0.39, 0.29) is 12.7 Å². The van der Waals surface area contributed by atoms with Gasteiger partial charge in [0.05, 0.1) is 6.10 Å². The van der Waals surface area contributed by atoms with Crippen molar-refractivity contribution in [3.05, 3.63) is 24.3 Å². The Hall–Kier alpha value is -1.75. The molecule has 0 saturated carbocycles. The maximum Gasteiger partial charge on any atom is 0.344 e. The van der Waals surface area contributed by atoms with Gasteiger partial charge >= 0.3 is 5.97 Å². The summed E-state index contributed by atoms with van der Waals surface area (Å²) in [5.41, 5.74) is 6.21. The van der Waals surface area contributed by atoms with Gasteiger partial charge in [0.2, 0.25) is 0 Å². The van der Waals surface area contributed by atoms with Crippen molar-refractivity contribution in [3.63, 3.8) is 0 Å². The van der Waals surface area contributed by atoms with Gasteiger partial charge in [-0.2, -0.15) is 0 Å². The van der Waals surface area contributed by atoms with Gasteiger partial charge in [0, 0.05) is 18.4 Å². The van der Waals surface area contributed by atoms with Crippen molar-refractivity contribution in [1.29, 1.82) is 0 Å². The van der Waals surface area contributed by atoms with Crippen LogP contribution in [0.3, 0.4) is 0 Å². The van der Waals surface area contributed by atoms with Gasteiger partial charge in [-0.1, -0.05) is 6.07 Å². The molecule has 1 aromatic carbocycles. The lowest BCUT2D eigenvalue weighted by Crippen LogP contribution is -2.27. The summed E-state index contributed by atoms with van der Waals surface area (Å²) in [7, 11) is 0. The van der Waals surface area contributed by atoms with Gasteiger partial charge in [0.25, 0.3) is 0 Å². The molecule has 0 aliphatic carbocycles. The first-order valence-electron chi connectivity index (χ1n) is 6.49. The van der Waals surface area contributed by atoms with Gasteiger partial charge < -0.3 is 19.9 Å². The zero-order valence-corrected chi connectivity index (χ0v) is 10.8. The quantitative estimate of drug-likeness (QED) is 0.649. The van der Waals surface area contributed by atoms with Gasteiger partial charge in [-0.05, 0) is 31.4 Å². The number of rotatable bonds is 5. The number of ether oxygens (including phenoxy) is 3. The molecule has 0 spiro atoms. The highest BCUT2D eigenvalue weighted by Crippen LogP contribution is 2.15. The third-order valence-corrected chi connectivity index (χ3v) is 2.92. The van der Waals surface area contributed by atoms with Crippen LogP contribution in [0.2, 0.25) is 0 Å². The molecule has 2 rings (SSSR count). The molecule has 5 heteroatoms. The Morgan fingerprint density at radius 1 is 1.42 bits per heavy atom. The van der Waals surface area contributed by atoms with E-state index in [4.69, 9.17) is 19.9 Å². The number of hydrogen-bond donors (Lipinski definition) is 1. The van der Waals surface area contributed by atoms with Crippen molar-refractivity contribution >= 4 is 11.7 Å². The summed E-state index contributed by atoms with van der Waals surface area (Å²) < 4.78 is 15.9. The van der Waals surface area contributed by atoms with E-state index in [1.807, 2.05) is 0 Å². The number of anilines is 1. The Morgan fingerprint density at radius 2 is 2.32 bits per heavy atom. The van der Waals surface area contributed by atoms with E-state index in [1.165, 1.54) is 0 Å². The second-order valence-electron chi connectivity index (χ2n) is 4.53. The van der Waals surface area contributed by atoms with E-state index in [9.17, 15) is 4.79 Å². The minimum absolute atomic E-state index is 0.0325. The lowest BCUT2D eigenvalue weighted by molar-refractivity contribution is -0.151. The fourth-order valence-electron chi connectivity index (χ4n) is 1.91. The fourth-order valence-corrected chi connectivity index (χ4v) is 1.91. The van der Waals surface area contributed by atoms with Crippen molar-refractivity contribution in [1.82, 2.24) is 0 Å². The molecular formula is C14H19NO4. The van der Waals surface area contributed by atoms with Crippen molar-refractivity contribution in [2.45, 2.75) is 25.4 Å². The number of carbonyl (C=O) groups excluding carboxylic acids is 1. The van der Waals surface area contributed by atoms with Gasteiger partial charge in [-0.3, -0.25) is 0 Å². The summed E-state index contributed by atoms with van der Waals surface area (Å²) in [6.07, 6.45) is 3.19. The summed E-state index contributed by atoms with van der Waals surface area (Å²) in [6.45, 7) is 0.942. The van der Waals surface area contributed by atoms with Crippen LogP contribution in [0.5, 0.6) is 5.75 Å². The summed E-state index contributed by atoms with van der Waals surface area (Å²) in [5, 5.41) is 0. The Balaban J connectivity index is 1.66. The second kappa shape index (κ2) is 6.99. The molecule has 1 aromatic rings. The van der Waals surface area contributed by atoms with Crippen LogP contribution in [-0.2, 0) is 14.3 Å². The molecule has 5 nitrogen and oxygen atoms in total. The lowest BCUT2D eigenvalue weighted by atomic mass is 10.1. The molecule has 19 heavy (non-hydrogen) atoms. The summed E-state index contributed by atoms with van der Waals surface area (Å²) in [5.74, 6) is 0.169. The maximum absolute atomic E-state index is 11.5. The number of hydrogen-bond acceptors (Lipinski definition) is 5. The molecule has 1 saturated heterocycles. The SMILES string of the molecule is Nc1cccc(OCC(=O)OCC2CCCCO2)c1. The molecule has 1 atom stereocenters. The third kappa shape index (κ3) is 4.79. The Morgan fingerprint density at radius 3 is 3.05 bits per heavy atom. The predicted octanol–water partition coefficient (Wildman–Crippen LogP) is 1.76. The van der Waals surface area contributed by atoms with Crippen LogP contribution in [0, 0.1) is 0 Å². The third-order valence-electron chi connectivity index (χ3n) is 2.92. The summed E-state index contributed by atoms with van der Waals surface area (Å²) >= 11 is 0. The molecule has 0 amide bonds. The van der Waals surface area contributed by atoms with Gasteiger partial charge in [0.1, 0.15) is 12.4 Å². The number of nitrogens with two attached hydrogens (primary N) is 1. The molecule has 0 aromatic heterocycles. The second-order valence-corrected chi connectivity index (χ2v) is 4.53. The van der Waals surface area contributed by atoms with Crippen molar-refractivity contribution in [2.24, 2.45) is 0 Å². The molecule has 0 radical (unpaired) electrons. The number of esters is 1.